The Kier molecular flexibility index (Phi) is 6.80. The molecule has 158 valence electrons. The van der Waals surface area contributed by atoms with Gasteiger partial charge in [0.25, 0.3) is 0 Å². The molecule has 0 bridgehead atoms. The van der Waals surface area contributed by atoms with Gasteiger partial charge in [-0.25, -0.2) is 4.98 Å². The zero-order chi connectivity index (χ0) is 20.9. The summed E-state index contributed by atoms with van der Waals surface area (Å²) in [5, 5.41) is 0. The third-order valence-electron chi connectivity index (χ3n) is 6.47. The van der Waals surface area contributed by atoms with Gasteiger partial charge in [0.2, 0.25) is 11.9 Å². The van der Waals surface area contributed by atoms with Crippen LogP contribution in [0.25, 0.3) is 0 Å². The fraction of sp³-hybridized carbons (Fsp3) is 0.478. The van der Waals surface area contributed by atoms with Gasteiger partial charge < -0.3 is 4.90 Å². The number of piperazine rings is 1. The molecule has 7 heteroatoms. The van der Waals surface area contributed by atoms with Crippen LogP contribution in [-0.2, 0) is 17.9 Å². The van der Waals surface area contributed by atoms with Gasteiger partial charge in [-0.1, -0.05) is 29.7 Å². The Bertz CT molecular complexity index is 864. The maximum atomic E-state index is 13.3. The van der Waals surface area contributed by atoms with Crippen molar-refractivity contribution in [3.8, 4) is 0 Å². The Balaban J connectivity index is 1.22. The fourth-order valence-electron chi connectivity index (χ4n) is 4.55. The second kappa shape index (κ2) is 9.71. The summed E-state index contributed by atoms with van der Waals surface area (Å²) in [6, 6.07) is 11.9. The first kappa shape index (κ1) is 21.0. The second-order valence-corrected chi connectivity index (χ2v) is 8.57. The molecule has 2 aliphatic rings. The molecular weight excluding hydrogens is 378 g/mol. The monoisotopic (exact) mass is 408 g/mol. The van der Waals surface area contributed by atoms with E-state index in [1.807, 2.05) is 6.07 Å². The molecule has 0 radical (unpaired) electrons. The van der Waals surface area contributed by atoms with Gasteiger partial charge in [0.05, 0.1) is 0 Å². The molecular formula is C23H30BFN4O. The van der Waals surface area contributed by atoms with E-state index in [4.69, 9.17) is 0 Å². The van der Waals surface area contributed by atoms with Crippen LogP contribution in [0.2, 0.25) is 0 Å². The lowest BCUT2D eigenvalue weighted by atomic mass is 9.90. The minimum Gasteiger partial charge on any atom is -0.340 e. The van der Waals surface area contributed by atoms with Crippen molar-refractivity contribution in [1.82, 2.24) is 19.7 Å². The first-order valence-corrected chi connectivity index (χ1v) is 11.0. The number of aromatic nitrogens is 1. The number of hydrogen-bond acceptors (Lipinski definition) is 4. The maximum Gasteiger partial charge on any atom is 0.225 e. The van der Waals surface area contributed by atoms with E-state index in [9.17, 15) is 9.18 Å². The molecule has 0 saturated carbocycles. The molecule has 0 atom stereocenters. The van der Waals surface area contributed by atoms with E-state index in [1.54, 1.807) is 0 Å². The minimum absolute atomic E-state index is 0.123. The Morgan fingerprint density at radius 1 is 1.00 bits per heavy atom. The summed E-state index contributed by atoms with van der Waals surface area (Å²) in [6.45, 7) is 6.96. The predicted molar refractivity (Wildman–Crippen MR) is 119 cm³/mol. The average molecular weight is 408 g/mol. The Morgan fingerprint density at radius 2 is 1.70 bits per heavy atom. The standard InChI is InChI=1S/C23H30BFN4O/c24-21-4-2-1-3-20(21)17-28-11-13-29(14-12-28)23(30)19-6-9-27(10-7-19)16-18-5-8-26-22(25)15-18/h1-5,8,15,19H,6-7,9-14,16-17,24H2. The molecule has 2 aliphatic heterocycles. The van der Waals surface area contributed by atoms with Crippen LogP contribution in [0.15, 0.2) is 42.6 Å². The number of hydrogen-bond donors (Lipinski definition) is 0. The van der Waals surface area contributed by atoms with Crippen molar-refractivity contribution in [3.63, 3.8) is 0 Å². The number of benzene rings is 1. The Labute approximate surface area is 179 Å². The molecule has 2 aromatic rings. The molecule has 2 fully saturated rings. The normalized spacial score (nSPS) is 19.2. The first-order valence-electron chi connectivity index (χ1n) is 11.0. The molecule has 5 nitrogen and oxygen atoms in total. The highest BCUT2D eigenvalue weighted by Crippen LogP contribution is 2.22. The Morgan fingerprint density at radius 3 is 2.40 bits per heavy atom. The van der Waals surface area contributed by atoms with E-state index >= 15 is 0 Å². The molecule has 30 heavy (non-hydrogen) atoms. The van der Waals surface area contributed by atoms with Crippen LogP contribution in [0.1, 0.15) is 24.0 Å². The number of rotatable bonds is 5. The smallest absolute Gasteiger partial charge is 0.225 e. The van der Waals surface area contributed by atoms with Crippen molar-refractivity contribution >= 4 is 19.2 Å². The number of pyridine rings is 1. The molecule has 1 amide bonds. The highest BCUT2D eigenvalue weighted by atomic mass is 19.1. The summed E-state index contributed by atoms with van der Waals surface area (Å²) in [7, 11) is 2.16. The van der Waals surface area contributed by atoms with Gasteiger partial charge in [0.1, 0.15) is 7.85 Å². The van der Waals surface area contributed by atoms with E-state index in [1.165, 1.54) is 23.3 Å². The molecule has 4 rings (SSSR count). The SMILES string of the molecule is Bc1ccccc1CN1CCN(C(=O)C2CCN(Cc3ccnc(F)c3)CC2)CC1. The van der Waals surface area contributed by atoms with Gasteiger partial charge in [-0.3, -0.25) is 14.6 Å². The summed E-state index contributed by atoms with van der Waals surface area (Å²) in [6.07, 6.45) is 3.28. The number of halogens is 1. The zero-order valence-corrected chi connectivity index (χ0v) is 17.8. The van der Waals surface area contributed by atoms with E-state index in [0.717, 1.165) is 70.8 Å². The lowest BCUT2D eigenvalue weighted by Gasteiger charge is -2.38. The minimum atomic E-state index is -0.431. The summed E-state index contributed by atoms with van der Waals surface area (Å²) < 4.78 is 13.3. The van der Waals surface area contributed by atoms with Gasteiger partial charge in [0, 0.05) is 51.4 Å². The highest BCUT2D eigenvalue weighted by Gasteiger charge is 2.30. The molecule has 3 heterocycles. The summed E-state index contributed by atoms with van der Waals surface area (Å²) >= 11 is 0. The van der Waals surface area contributed by atoms with Crippen molar-refractivity contribution < 1.29 is 9.18 Å². The van der Waals surface area contributed by atoms with Crippen LogP contribution >= 0.6 is 0 Å². The lowest BCUT2D eigenvalue weighted by molar-refractivity contribution is -0.139. The van der Waals surface area contributed by atoms with E-state index < -0.39 is 5.95 Å². The topological polar surface area (TPSA) is 39.7 Å². The molecule has 0 aliphatic carbocycles. The maximum absolute atomic E-state index is 13.3. The third kappa shape index (κ3) is 5.26. The van der Waals surface area contributed by atoms with Crippen LogP contribution in [-0.4, -0.2) is 72.7 Å². The van der Waals surface area contributed by atoms with E-state index in [-0.39, 0.29) is 5.92 Å². The number of piperidine rings is 1. The molecule has 1 aromatic carbocycles. The van der Waals surface area contributed by atoms with Crippen molar-refractivity contribution in [1.29, 1.82) is 0 Å². The first-order chi connectivity index (χ1) is 14.6. The van der Waals surface area contributed by atoms with Crippen molar-refractivity contribution in [3.05, 3.63) is 59.7 Å². The second-order valence-electron chi connectivity index (χ2n) is 8.57. The largest absolute Gasteiger partial charge is 0.340 e. The van der Waals surface area contributed by atoms with Gasteiger partial charge in [0.15, 0.2) is 0 Å². The Hall–Kier alpha value is -2.25. The van der Waals surface area contributed by atoms with Crippen LogP contribution in [0.5, 0.6) is 0 Å². The van der Waals surface area contributed by atoms with E-state index in [0.29, 0.717) is 5.91 Å². The summed E-state index contributed by atoms with van der Waals surface area (Å²) in [4.78, 5) is 23.4. The van der Waals surface area contributed by atoms with Crippen molar-refractivity contribution in [2.24, 2.45) is 5.92 Å². The zero-order valence-electron chi connectivity index (χ0n) is 17.8. The van der Waals surface area contributed by atoms with Gasteiger partial charge in [-0.05, 0) is 49.2 Å². The van der Waals surface area contributed by atoms with Gasteiger partial charge >= 0.3 is 0 Å². The number of carbonyl (C=O) groups is 1. The van der Waals surface area contributed by atoms with Crippen molar-refractivity contribution in [2.75, 3.05) is 39.3 Å². The van der Waals surface area contributed by atoms with Crippen LogP contribution in [0.4, 0.5) is 4.39 Å². The number of amides is 1. The molecule has 0 N–H and O–H groups in total. The van der Waals surface area contributed by atoms with Crippen molar-refractivity contribution in [2.45, 2.75) is 25.9 Å². The third-order valence-corrected chi connectivity index (χ3v) is 6.47. The lowest BCUT2D eigenvalue weighted by Crippen LogP contribution is -2.51. The predicted octanol–water partition coefficient (Wildman–Crippen LogP) is 1.04. The molecule has 0 spiro atoms. The van der Waals surface area contributed by atoms with Crippen LogP contribution in [0.3, 0.4) is 0 Å². The number of carbonyl (C=O) groups excluding carboxylic acids is 1. The summed E-state index contributed by atoms with van der Waals surface area (Å²) in [5.74, 6) is 0.0117. The highest BCUT2D eigenvalue weighted by molar-refractivity contribution is 6.33. The molecule has 2 saturated heterocycles. The van der Waals surface area contributed by atoms with Gasteiger partial charge in [-0.2, -0.15) is 4.39 Å². The van der Waals surface area contributed by atoms with E-state index in [2.05, 4.69) is 51.8 Å². The summed E-state index contributed by atoms with van der Waals surface area (Å²) in [5.41, 5.74) is 3.65. The molecule has 1 aromatic heterocycles. The molecule has 0 unspecified atom stereocenters. The average Bonchev–Trinajstić information content (AvgIpc) is 2.76. The number of nitrogens with zero attached hydrogens (tertiary/aromatic N) is 4. The van der Waals surface area contributed by atoms with Crippen LogP contribution < -0.4 is 5.46 Å². The fourth-order valence-corrected chi connectivity index (χ4v) is 4.55. The quantitative estimate of drug-likeness (QED) is 0.548. The van der Waals surface area contributed by atoms with Crippen LogP contribution in [0, 0.1) is 11.9 Å². The number of likely N-dealkylation sites (tertiary alicyclic amines) is 1. The van der Waals surface area contributed by atoms with Gasteiger partial charge in [-0.15, -0.1) is 0 Å².